The Morgan fingerprint density at radius 2 is 1.18 bits per heavy atom. The fraction of sp³-hybridized carbons (Fsp3) is 0. The molecule has 0 atom stereocenters. The van der Waals surface area contributed by atoms with E-state index in [4.69, 9.17) is 19.6 Å². The molecule has 0 aliphatic heterocycles. The van der Waals surface area contributed by atoms with Gasteiger partial charge in [-0.25, -0.2) is 9.13 Å². The zero-order chi connectivity index (χ0) is 7.71. The van der Waals surface area contributed by atoms with Gasteiger partial charge in [-0.1, -0.05) is 0 Å². The summed E-state index contributed by atoms with van der Waals surface area (Å²) in [6, 6.07) is 0. The Morgan fingerprint density at radius 1 is 1.00 bits per heavy atom. The van der Waals surface area contributed by atoms with Gasteiger partial charge in [-0.3, -0.25) is 0 Å². The van der Waals surface area contributed by atoms with Crippen molar-refractivity contribution in [1.29, 1.82) is 0 Å². The van der Waals surface area contributed by atoms with Gasteiger partial charge >= 0.3 is 67.0 Å². The summed E-state index contributed by atoms with van der Waals surface area (Å²) in [5.74, 6) is 0. The summed E-state index contributed by atoms with van der Waals surface area (Å²) >= 11 is 0. The van der Waals surface area contributed by atoms with Gasteiger partial charge < -0.3 is 27.2 Å². The van der Waals surface area contributed by atoms with E-state index in [1.165, 1.54) is 0 Å². The quantitative estimate of drug-likeness (QED) is 0.243. The molecule has 0 aromatic carbocycles. The van der Waals surface area contributed by atoms with Crippen LogP contribution in [0.2, 0.25) is 0 Å². The molecule has 0 fully saturated rings. The van der Waals surface area contributed by atoms with Crippen molar-refractivity contribution in [2.24, 2.45) is 0 Å². The maximum absolute atomic E-state index is 9.63. The minimum atomic E-state index is -5.05. The molecule has 0 spiro atoms. The monoisotopic (exact) mass is 235 g/mol. The topological polar surface area (TPSA) is 159 Å². The zero-order valence-corrected chi connectivity index (χ0v) is 10.5. The molecule has 0 aromatic rings. The van der Waals surface area contributed by atoms with Gasteiger partial charge in [-0.15, -0.1) is 0 Å². The van der Waals surface area contributed by atoms with Crippen molar-refractivity contribution in [3.63, 3.8) is 0 Å². The van der Waals surface area contributed by atoms with Crippen LogP contribution in [0.25, 0.3) is 0 Å². The van der Waals surface area contributed by atoms with Crippen molar-refractivity contribution in [2.75, 3.05) is 0 Å². The van der Waals surface area contributed by atoms with Crippen LogP contribution in [0.1, 0.15) is 1.43 Å². The standard InChI is InChI=1S/K.H3N.H4O7P2.H/c;;1-8(2,3)7-9(4,5)6;/h;1H3;(H2,1,2,3)(H2,4,5,6);/q+1;;;-1. The third-order valence-corrected chi connectivity index (χ3v) is 1.91. The molecule has 0 saturated heterocycles. The molecule has 8 nitrogen and oxygen atoms in total. The first kappa shape index (κ1) is 18.6. The fourth-order valence-corrected chi connectivity index (χ4v) is 1.25. The van der Waals surface area contributed by atoms with Gasteiger partial charge in [-0.2, -0.15) is 4.31 Å². The summed E-state index contributed by atoms with van der Waals surface area (Å²) in [6.07, 6.45) is 0. The van der Waals surface area contributed by atoms with Gasteiger partial charge in [0.1, 0.15) is 0 Å². The van der Waals surface area contributed by atoms with Gasteiger partial charge in [0.15, 0.2) is 0 Å². The largest absolute Gasteiger partial charge is 1.00 e. The van der Waals surface area contributed by atoms with Gasteiger partial charge in [0.2, 0.25) is 0 Å². The zero-order valence-electron chi connectivity index (χ0n) is 6.62. The van der Waals surface area contributed by atoms with Crippen LogP contribution in [0, 0.1) is 0 Å². The van der Waals surface area contributed by atoms with Crippen molar-refractivity contribution >= 4 is 15.6 Å². The van der Waals surface area contributed by atoms with Gasteiger partial charge in [0.25, 0.3) is 0 Å². The molecule has 66 valence electrons. The Kier molecular flexibility index (Phi) is 10.7. The maximum atomic E-state index is 9.63. The summed E-state index contributed by atoms with van der Waals surface area (Å²) in [5.41, 5.74) is 0. The van der Waals surface area contributed by atoms with Crippen LogP contribution in [0.15, 0.2) is 0 Å². The summed E-state index contributed by atoms with van der Waals surface area (Å²) in [7, 11) is -10.1. The Morgan fingerprint density at radius 3 is 1.18 bits per heavy atom. The summed E-state index contributed by atoms with van der Waals surface area (Å²) in [6.45, 7) is 0. The van der Waals surface area contributed by atoms with Crippen LogP contribution in [-0.4, -0.2) is 19.6 Å². The van der Waals surface area contributed by atoms with Gasteiger partial charge in [0, 0.05) is 0 Å². The molecule has 0 unspecified atom stereocenters. The molecule has 11 heteroatoms. The van der Waals surface area contributed by atoms with E-state index in [0.717, 1.165) is 0 Å². The SMILES string of the molecule is N.O=P(O)(O)OP(=O)(O)O.[H-].[K+]. The molecule has 11 heavy (non-hydrogen) atoms. The summed E-state index contributed by atoms with van der Waals surface area (Å²) in [4.78, 5) is 31.0. The number of hydrogen-bond acceptors (Lipinski definition) is 4. The molecule has 0 saturated carbocycles. The first-order valence-electron chi connectivity index (χ1n) is 1.53. The normalized spacial score (nSPS) is 11.3. The number of rotatable bonds is 2. The molecule has 0 bridgehead atoms. The fourth-order valence-electron chi connectivity index (χ4n) is 0.139. The molecule has 0 heterocycles. The maximum Gasteiger partial charge on any atom is 1.00 e. The molecule has 7 N–H and O–H groups in total. The second-order valence-electron chi connectivity index (χ2n) is 1.06. The van der Waals surface area contributed by atoms with Crippen LogP contribution in [0.3, 0.4) is 0 Å². The average Bonchev–Trinajstić information content (AvgIpc) is 1.14. The van der Waals surface area contributed by atoms with Crippen molar-refractivity contribution < 1.29 is 85.8 Å². The van der Waals surface area contributed by atoms with E-state index in [-0.39, 0.29) is 59.0 Å². The van der Waals surface area contributed by atoms with Crippen molar-refractivity contribution in [3.8, 4) is 0 Å². The molecule has 0 amide bonds. The molecule has 0 aliphatic carbocycles. The van der Waals surface area contributed by atoms with E-state index < -0.39 is 15.6 Å². The van der Waals surface area contributed by atoms with Crippen LogP contribution in [-0.2, 0) is 13.4 Å². The second-order valence-corrected chi connectivity index (χ2v) is 3.68. The number of hydrogen-bond donors (Lipinski definition) is 5. The van der Waals surface area contributed by atoms with E-state index in [1.807, 2.05) is 0 Å². The van der Waals surface area contributed by atoms with Crippen LogP contribution in [0.5, 0.6) is 0 Å². The van der Waals surface area contributed by atoms with Crippen molar-refractivity contribution in [3.05, 3.63) is 0 Å². The molecule has 0 aliphatic rings. The minimum Gasteiger partial charge on any atom is -1.00 e. The summed E-state index contributed by atoms with van der Waals surface area (Å²) < 4.78 is 22.2. The van der Waals surface area contributed by atoms with E-state index in [2.05, 4.69) is 4.31 Å². The minimum absolute atomic E-state index is 0. The molecular formula is H8KNO7P2. The van der Waals surface area contributed by atoms with Crippen LogP contribution >= 0.6 is 15.6 Å². The van der Waals surface area contributed by atoms with Crippen molar-refractivity contribution in [2.45, 2.75) is 0 Å². The molecule has 0 radical (unpaired) electrons. The van der Waals surface area contributed by atoms with E-state index >= 15 is 0 Å². The Bertz CT molecular complexity index is 162. The third-order valence-electron chi connectivity index (χ3n) is 0.213. The van der Waals surface area contributed by atoms with Gasteiger partial charge in [0.05, 0.1) is 0 Å². The van der Waals surface area contributed by atoms with E-state index in [9.17, 15) is 9.13 Å². The second kappa shape index (κ2) is 6.33. The average molecular weight is 235 g/mol. The van der Waals surface area contributed by atoms with Crippen LogP contribution < -0.4 is 57.5 Å². The molecular weight excluding hydrogens is 227 g/mol. The number of phosphoric acid groups is 2. The smallest absolute Gasteiger partial charge is 1.00 e. The Hall–Kier alpha value is 1.86. The Labute approximate surface area is 106 Å². The summed E-state index contributed by atoms with van der Waals surface area (Å²) in [5, 5.41) is 0. The predicted octanol–water partition coefficient (Wildman–Crippen LogP) is -3.53. The van der Waals surface area contributed by atoms with E-state index in [1.54, 1.807) is 0 Å². The third kappa shape index (κ3) is 18.7. The first-order valence-corrected chi connectivity index (χ1v) is 4.59. The predicted molar refractivity (Wildman–Crippen MR) is 31.3 cm³/mol. The van der Waals surface area contributed by atoms with E-state index in [0.29, 0.717) is 0 Å². The van der Waals surface area contributed by atoms with Gasteiger partial charge in [-0.05, 0) is 0 Å². The molecule has 0 rings (SSSR count). The van der Waals surface area contributed by atoms with Crippen LogP contribution in [0.4, 0.5) is 0 Å². The Balaban J connectivity index is -0.000000107. The molecule has 0 aromatic heterocycles. The first-order chi connectivity index (χ1) is 3.71. The van der Waals surface area contributed by atoms with Crippen molar-refractivity contribution in [1.82, 2.24) is 6.15 Å².